The van der Waals surface area contributed by atoms with E-state index in [2.05, 4.69) is 18.9 Å². The van der Waals surface area contributed by atoms with Crippen molar-refractivity contribution < 1.29 is 9.90 Å². The molecule has 1 amide bonds. The van der Waals surface area contributed by atoms with Gasteiger partial charge in [-0.1, -0.05) is 13.8 Å². The number of aromatic nitrogens is 2. The SMILES string of the molecule is CC(C)c1cc(C(=O)N2CCCC2CCCO)n(C)n1. The summed E-state index contributed by atoms with van der Waals surface area (Å²) < 4.78 is 1.69. The number of hydrogen-bond donors (Lipinski definition) is 1. The molecule has 2 heterocycles. The highest BCUT2D eigenvalue weighted by Gasteiger charge is 2.30. The molecule has 1 fully saturated rings. The normalized spacial score (nSPS) is 19.1. The Morgan fingerprint density at radius 1 is 1.55 bits per heavy atom. The minimum absolute atomic E-state index is 0.0762. The van der Waals surface area contributed by atoms with Gasteiger partial charge in [0.1, 0.15) is 5.69 Å². The van der Waals surface area contributed by atoms with Crippen LogP contribution >= 0.6 is 0 Å². The summed E-state index contributed by atoms with van der Waals surface area (Å²) in [5.74, 6) is 0.402. The Morgan fingerprint density at radius 2 is 2.30 bits per heavy atom. The van der Waals surface area contributed by atoms with Crippen LogP contribution < -0.4 is 0 Å². The van der Waals surface area contributed by atoms with Crippen molar-refractivity contribution in [3.8, 4) is 0 Å². The summed E-state index contributed by atoms with van der Waals surface area (Å²) in [6, 6.07) is 2.18. The van der Waals surface area contributed by atoms with Gasteiger partial charge in [-0.25, -0.2) is 0 Å². The van der Waals surface area contributed by atoms with Crippen LogP contribution in [0.2, 0.25) is 0 Å². The third-order valence-electron chi connectivity index (χ3n) is 4.04. The largest absolute Gasteiger partial charge is 0.396 e. The van der Waals surface area contributed by atoms with Crippen molar-refractivity contribution in [3.63, 3.8) is 0 Å². The average Bonchev–Trinajstić information content (AvgIpc) is 3.02. The number of carbonyl (C=O) groups is 1. The van der Waals surface area contributed by atoms with Gasteiger partial charge >= 0.3 is 0 Å². The number of hydrogen-bond acceptors (Lipinski definition) is 3. The second-order valence-corrected chi connectivity index (χ2v) is 5.89. The van der Waals surface area contributed by atoms with Crippen LogP contribution in [0.5, 0.6) is 0 Å². The zero-order chi connectivity index (χ0) is 14.7. The predicted molar refractivity (Wildman–Crippen MR) is 77.7 cm³/mol. The highest BCUT2D eigenvalue weighted by molar-refractivity contribution is 5.93. The zero-order valence-electron chi connectivity index (χ0n) is 12.7. The summed E-state index contributed by atoms with van der Waals surface area (Å²) in [5.41, 5.74) is 1.63. The molecule has 5 nitrogen and oxygen atoms in total. The fourth-order valence-corrected chi connectivity index (χ4v) is 2.85. The van der Waals surface area contributed by atoms with Crippen LogP contribution in [0.25, 0.3) is 0 Å². The fourth-order valence-electron chi connectivity index (χ4n) is 2.85. The second-order valence-electron chi connectivity index (χ2n) is 5.89. The predicted octanol–water partition coefficient (Wildman–Crippen LogP) is 1.92. The molecule has 0 radical (unpaired) electrons. The molecule has 20 heavy (non-hydrogen) atoms. The molecule has 0 spiro atoms. The summed E-state index contributed by atoms with van der Waals surface area (Å²) >= 11 is 0. The van der Waals surface area contributed by atoms with Gasteiger partial charge in [-0.3, -0.25) is 9.48 Å². The lowest BCUT2D eigenvalue weighted by atomic mass is 10.1. The number of carbonyl (C=O) groups excluding carboxylic acids is 1. The van der Waals surface area contributed by atoms with Gasteiger partial charge in [-0.15, -0.1) is 0 Å². The van der Waals surface area contributed by atoms with Crippen molar-refractivity contribution >= 4 is 5.91 Å². The summed E-state index contributed by atoms with van der Waals surface area (Å²) in [6.45, 7) is 5.17. The van der Waals surface area contributed by atoms with Crippen LogP contribution in [-0.2, 0) is 7.05 Å². The third-order valence-corrected chi connectivity index (χ3v) is 4.04. The van der Waals surface area contributed by atoms with E-state index in [0.29, 0.717) is 11.6 Å². The van der Waals surface area contributed by atoms with E-state index in [1.54, 1.807) is 4.68 Å². The van der Waals surface area contributed by atoms with Gasteiger partial charge in [-0.2, -0.15) is 5.10 Å². The van der Waals surface area contributed by atoms with Gasteiger partial charge in [0.15, 0.2) is 0 Å². The highest BCUT2D eigenvalue weighted by Crippen LogP contribution is 2.24. The Hall–Kier alpha value is -1.36. The Morgan fingerprint density at radius 3 is 2.90 bits per heavy atom. The number of likely N-dealkylation sites (tertiary alicyclic amines) is 1. The van der Waals surface area contributed by atoms with E-state index in [-0.39, 0.29) is 18.6 Å². The number of amides is 1. The van der Waals surface area contributed by atoms with E-state index < -0.39 is 0 Å². The van der Waals surface area contributed by atoms with Crippen LogP contribution in [-0.4, -0.2) is 44.9 Å². The molecule has 1 atom stereocenters. The number of aryl methyl sites for hydroxylation is 1. The van der Waals surface area contributed by atoms with Crippen LogP contribution in [0.15, 0.2) is 6.07 Å². The third kappa shape index (κ3) is 3.03. The van der Waals surface area contributed by atoms with Crippen LogP contribution in [0.3, 0.4) is 0 Å². The molecular formula is C15H25N3O2. The first-order chi connectivity index (χ1) is 9.54. The van der Waals surface area contributed by atoms with Crippen LogP contribution in [0.4, 0.5) is 0 Å². The van der Waals surface area contributed by atoms with Crippen molar-refractivity contribution in [2.24, 2.45) is 7.05 Å². The highest BCUT2D eigenvalue weighted by atomic mass is 16.3. The number of nitrogens with zero attached hydrogens (tertiary/aromatic N) is 3. The lowest BCUT2D eigenvalue weighted by molar-refractivity contribution is 0.0713. The van der Waals surface area contributed by atoms with Crippen molar-refractivity contribution in [2.45, 2.75) is 51.5 Å². The van der Waals surface area contributed by atoms with Crippen molar-refractivity contribution in [3.05, 3.63) is 17.5 Å². The van der Waals surface area contributed by atoms with E-state index in [1.807, 2.05) is 18.0 Å². The Bertz CT molecular complexity index is 468. The van der Waals surface area contributed by atoms with Gasteiger partial charge in [0.25, 0.3) is 5.91 Å². The Kier molecular flexibility index (Phi) is 4.81. The first kappa shape index (κ1) is 15.0. The van der Waals surface area contributed by atoms with Gasteiger partial charge < -0.3 is 10.0 Å². The molecule has 1 aliphatic rings. The van der Waals surface area contributed by atoms with E-state index in [9.17, 15) is 4.79 Å². The second kappa shape index (κ2) is 6.39. The molecule has 1 aromatic rings. The molecule has 2 rings (SSSR count). The minimum Gasteiger partial charge on any atom is -0.396 e. The molecule has 0 bridgehead atoms. The maximum absolute atomic E-state index is 12.7. The fraction of sp³-hybridized carbons (Fsp3) is 0.733. The lowest BCUT2D eigenvalue weighted by Crippen LogP contribution is -2.36. The molecule has 1 aromatic heterocycles. The maximum Gasteiger partial charge on any atom is 0.272 e. The van der Waals surface area contributed by atoms with E-state index >= 15 is 0 Å². The molecule has 0 aliphatic carbocycles. The van der Waals surface area contributed by atoms with Crippen LogP contribution in [0.1, 0.15) is 61.6 Å². The van der Waals surface area contributed by atoms with Crippen molar-refractivity contribution in [1.82, 2.24) is 14.7 Å². The van der Waals surface area contributed by atoms with Crippen molar-refractivity contribution in [1.29, 1.82) is 0 Å². The first-order valence-corrected chi connectivity index (χ1v) is 7.50. The molecular weight excluding hydrogens is 254 g/mol. The first-order valence-electron chi connectivity index (χ1n) is 7.50. The number of aliphatic hydroxyl groups excluding tert-OH is 1. The summed E-state index contributed by atoms with van der Waals surface area (Å²) in [5, 5.41) is 13.4. The zero-order valence-corrected chi connectivity index (χ0v) is 12.7. The molecule has 0 saturated carbocycles. The Labute approximate surface area is 120 Å². The number of rotatable bonds is 5. The van der Waals surface area contributed by atoms with Crippen LogP contribution in [0, 0.1) is 0 Å². The van der Waals surface area contributed by atoms with Crippen molar-refractivity contribution in [2.75, 3.05) is 13.2 Å². The molecule has 1 aliphatic heterocycles. The minimum atomic E-state index is 0.0762. The summed E-state index contributed by atoms with van der Waals surface area (Å²) in [7, 11) is 1.83. The topological polar surface area (TPSA) is 58.4 Å². The lowest BCUT2D eigenvalue weighted by Gasteiger charge is -2.24. The molecule has 0 aromatic carbocycles. The molecule has 1 saturated heterocycles. The standard InChI is InChI=1S/C15H25N3O2/c1-11(2)13-10-14(17(3)16-13)15(20)18-8-4-6-12(18)7-5-9-19/h10-12,19H,4-9H2,1-3H3. The van der Waals surface area contributed by atoms with Gasteiger partial charge in [0.05, 0.1) is 5.69 Å². The van der Waals surface area contributed by atoms with E-state index in [0.717, 1.165) is 37.9 Å². The molecule has 1 unspecified atom stereocenters. The smallest absolute Gasteiger partial charge is 0.272 e. The molecule has 112 valence electrons. The van der Waals surface area contributed by atoms with Gasteiger partial charge in [-0.05, 0) is 37.7 Å². The average molecular weight is 279 g/mol. The maximum atomic E-state index is 12.7. The Balaban J connectivity index is 2.13. The summed E-state index contributed by atoms with van der Waals surface area (Å²) in [6.07, 6.45) is 3.74. The quantitative estimate of drug-likeness (QED) is 0.896. The van der Waals surface area contributed by atoms with E-state index in [1.165, 1.54) is 0 Å². The van der Waals surface area contributed by atoms with Gasteiger partial charge in [0, 0.05) is 26.2 Å². The number of aliphatic hydroxyl groups is 1. The van der Waals surface area contributed by atoms with E-state index in [4.69, 9.17) is 5.11 Å². The molecule has 5 heteroatoms. The monoisotopic (exact) mass is 279 g/mol. The van der Waals surface area contributed by atoms with Gasteiger partial charge in [0.2, 0.25) is 0 Å². The molecule has 1 N–H and O–H groups in total. The summed E-state index contributed by atoms with van der Waals surface area (Å²) in [4.78, 5) is 14.6.